The summed E-state index contributed by atoms with van der Waals surface area (Å²) in [5, 5.41) is 0.0766. The molecule has 0 aromatic carbocycles. The molecule has 2 aromatic heterocycles. The number of carbonyl (C=O) groups is 2. The van der Waals surface area contributed by atoms with Crippen molar-refractivity contribution >= 4 is 37.6 Å². The van der Waals surface area contributed by atoms with Gasteiger partial charge < -0.3 is 5.73 Å². The number of pyridine rings is 1. The van der Waals surface area contributed by atoms with E-state index in [1.165, 1.54) is 41.4 Å². The van der Waals surface area contributed by atoms with E-state index in [1.807, 2.05) is 0 Å². The highest BCUT2D eigenvalue weighted by Gasteiger charge is 2.33. The molecule has 2 rings (SSSR count). The zero-order valence-corrected chi connectivity index (χ0v) is 13.9. The van der Waals surface area contributed by atoms with Gasteiger partial charge in [0.25, 0.3) is 10.0 Å². The fraction of sp³-hybridized carbons (Fsp3) is 0.182. The molecule has 11 nitrogen and oxygen atoms in total. The molecule has 0 saturated heterocycles. The number of imide groups is 1. The Morgan fingerprint density at radius 1 is 1.25 bits per heavy atom. The molecule has 0 aliphatic rings. The van der Waals surface area contributed by atoms with Gasteiger partial charge in [-0.1, -0.05) is 13.0 Å². The number of primary amides is 1. The molecule has 13 heteroatoms. The molecule has 2 aromatic rings. The number of sulfone groups is 1. The van der Waals surface area contributed by atoms with Crippen LogP contribution in [0.4, 0.5) is 9.59 Å². The minimum atomic E-state index is -4.66. The number of hydrogen-bond acceptors (Lipinski definition) is 7. The molecule has 0 spiro atoms. The molecular weight excluding hydrogens is 362 g/mol. The lowest BCUT2D eigenvalue weighted by Crippen LogP contribution is -2.45. The van der Waals surface area contributed by atoms with Crippen LogP contribution < -0.4 is 15.8 Å². The number of urea groups is 2. The predicted octanol–water partition coefficient (Wildman–Crippen LogP) is -0.805. The minimum absolute atomic E-state index is 0.0557. The Morgan fingerprint density at radius 2 is 1.92 bits per heavy atom. The van der Waals surface area contributed by atoms with Crippen LogP contribution in [-0.2, 0) is 19.9 Å². The quantitative estimate of drug-likeness (QED) is 0.627. The number of imidazole rings is 1. The molecule has 0 aliphatic heterocycles. The highest BCUT2D eigenvalue weighted by atomic mass is 32.2. The van der Waals surface area contributed by atoms with Crippen LogP contribution in [0.25, 0.3) is 5.65 Å². The van der Waals surface area contributed by atoms with Gasteiger partial charge in [-0.05, 0) is 12.1 Å². The summed E-state index contributed by atoms with van der Waals surface area (Å²) >= 11 is 0. The van der Waals surface area contributed by atoms with Crippen molar-refractivity contribution in [2.24, 2.45) is 5.73 Å². The van der Waals surface area contributed by atoms with Crippen molar-refractivity contribution in [1.29, 1.82) is 0 Å². The Kier molecular flexibility index (Phi) is 4.48. The van der Waals surface area contributed by atoms with Gasteiger partial charge >= 0.3 is 12.1 Å². The van der Waals surface area contributed by atoms with Crippen molar-refractivity contribution < 1.29 is 26.4 Å². The molecule has 0 atom stereocenters. The average molecular weight is 375 g/mol. The fourth-order valence-electron chi connectivity index (χ4n) is 1.84. The molecule has 0 unspecified atom stereocenters. The van der Waals surface area contributed by atoms with E-state index in [0.717, 1.165) is 4.40 Å². The average Bonchev–Trinajstić information content (AvgIpc) is 2.86. The van der Waals surface area contributed by atoms with Crippen molar-refractivity contribution in [2.45, 2.75) is 17.0 Å². The van der Waals surface area contributed by atoms with Crippen molar-refractivity contribution in [1.82, 2.24) is 19.4 Å². The second kappa shape index (κ2) is 6.09. The van der Waals surface area contributed by atoms with Gasteiger partial charge in [0.1, 0.15) is 5.65 Å². The van der Waals surface area contributed by atoms with Crippen LogP contribution in [0.2, 0.25) is 0 Å². The fourth-order valence-corrected chi connectivity index (χ4v) is 4.50. The van der Waals surface area contributed by atoms with E-state index in [1.54, 1.807) is 0 Å². The molecule has 24 heavy (non-hydrogen) atoms. The third-order valence-corrected chi connectivity index (χ3v) is 5.97. The standard InChI is InChI=1S/C11H13N5O6S2/c1-2-23(19,20)8-9(16-6-4-3-5-7(16)13-8)24(21,22)15-11(18)14-10(12)17/h3-6H,2H2,1H3,(H4,12,14,15,17,18). The number of nitrogens with one attached hydrogen (secondary N) is 2. The molecule has 0 aliphatic carbocycles. The molecule has 0 fully saturated rings. The molecule has 4 N–H and O–H groups in total. The second-order valence-electron chi connectivity index (χ2n) is 4.48. The zero-order valence-electron chi connectivity index (χ0n) is 12.3. The highest BCUT2D eigenvalue weighted by Crippen LogP contribution is 2.23. The van der Waals surface area contributed by atoms with Gasteiger partial charge in [0, 0.05) is 6.20 Å². The first-order chi connectivity index (χ1) is 11.1. The maximum Gasteiger partial charge on any atom is 0.336 e. The number of nitrogens with zero attached hydrogens (tertiary/aromatic N) is 2. The lowest BCUT2D eigenvalue weighted by atomic mass is 10.5. The van der Waals surface area contributed by atoms with Crippen LogP contribution in [0.3, 0.4) is 0 Å². The number of hydrogen-bond donors (Lipinski definition) is 3. The Bertz CT molecular complexity index is 1020. The molecule has 0 bridgehead atoms. The van der Waals surface area contributed by atoms with Gasteiger partial charge in [-0.3, -0.25) is 9.72 Å². The van der Waals surface area contributed by atoms with Gasteiger partial charge in [0.15, 0.2) is 19.9 Å². The van der Waals surface area contributed by atoms with E-state index in [9.17, 15) is 26.4 Å². The minimum Gasteiger partial charge on any atom is -0.351 e. The normalized spacial score (nSPS) is 12.0. The summed E-state index contributed by atoms with van der Waals surface area (Å²) in [6.07, 6.45) is 1.28. The van der Waals surface area contributed by atoms with Gasteiger partial charge in [0.05, 0.1) is 5.75 Å². The van der Waals surface area contributed by atoms with Gasteiger partial charge in [-0.2, -0.15) is 8.42 Å². The van der Waals surface area contributed by atoms with Crippen molar-refractivity contribution in [3.05, 3.63) is 24.4 Å². The summed E-state index contributed by atoms with van der Waals surface area (Å²) in [7, 11) is -8.67. The summed E-state index contributed by atoms with van der Waals surface area (Å²) in [4.78, 5) is 25.9. The summed E-state index contributed by atoms with van der Waals surface area (Å²) in [6, 6.07) is 1.70. The number of carbonyl (C=O) groups excluding carboxylic acids is 2. The summed E-state index contributed by atoms with van der Waals surface area (Å²) in [5.74, 6) is -0.396. The molecule has 0 saturated carbocycles. The number of aromatic nitrogens is 2. The lowest BCUT2D eigenvalue weighted by Gasteiger charge is -2.08. The summed E-state index contributed by atoms with van der Waals surface area (Å²) in [5.41, 5.74) is 4.78. The van der Waals surface area contributed by atoms with Crippen LogP contribution >= 0.6 is 0 Å². The van der Waals surface area contributed by atoms with Crippen LogP contribution in [0.15, 0.2) is 34.4 Å². The Hall–Kier alpha value is -2.67. The largest absolute Gasteiger partial charge is 0.351 e. The van der Waals surface area contributed by atoms with E-state index in [-0.39, 0.29) is 5.65 Å². The van der Waals surface area contributed by atoms with E-state index >= 15 is 0 Å². The first-order valence-corrected chi connectivity index (χ1v) is 9.55. The first kappa shape index (κ1) is 17.7. The van der Waals surface area contributed by atoms with E-state index in [0.29, 0.717) is 0 Å². The third-order valence-electron chi connectivity index (χ3n) is 2.85. The topological polar surface area (TPSA) is 170 Å². The van der Waals surface area contributed by atoms with E-state index in [4.69, 9.17) is 5.73 Å². The Morgan fingerprint density at radius 3 is 2.50 bits per heavy atom. The van der Waals surface area contributed by atoms with Crippen LogP contribution in [0.5, 0.6) is 0 Å². The Labute approximate surface area is 136 Å². The summed E-state index contributed by atoms with van der Waals surface area (Å²) < 4.78 is 51.7. The van der Waals surface area contributed by atoms with Crippen molar-refractivity contribution in [2.75, 3.05) is 5.75 Å². The maximum absolute atomic E-state index is 12.4. The van der Waals surface area contributed by atoms with E-state index < -0.39 is 47.7 Å². The predicted molar refractivity (Wildman–Crippen MR) is 81.4 cm³/mol. The molecule has 2 heterocycles. The first-order valence-electron chi connectivity index (χ1n) is 6.41. The van der Waals surface area contributed by atoms with Crippen molar-refractivity contribution in [3.8, 4) is 0 Å². The molecule has 4 amide bonds. The third kappa shape index (κ3) is 3.30. The number of rotatable bonds is 4. The van der Waals surface area contributed by atoms with Gasteiger partial charge in [0.2, 0.25) is 0 Å². The molecule has 130 valence electrons. The lowest BCUT2D eigenvalue weighted by molar-refractivity contribution is 0.235. The number of amides is 4. The number of fused-ring (bicyclic) bond motifs is 1. The highest BCUT2D eigenvalue weighted by molar-refractivity contribution is 7.93. The van der Waals surface area contributed by atoms with Crippen LogP contribution in [0, 0.1) is 0 Å². The zero-order chi connectivity index (χ0) is 18.1. The smallest absolute Gasteiger partial charge is 0.336 e. The SMILES string of the molecule is CCS(=O)(=O)c1nc2ccccn2c1S(=O)(=O)NC(=O)NC(N)=O. The number of sulfonamides is 1. The molecule has 0 radical (unpaired) electrons. The molecular formula is C11H13N5O6S2. The van der Waals surface area contributed by atoms with Gasteiger partial charge in [-0.15, -0.1) is 0 Å². The van der Waals surface area contributed by atoms with Crippen LogP contribution in [-0.4, -0.2) is 44.0 Å². The maximum atomic E-state index is 12.4. The number of nitrogens with two attached hydrogens (primary N) is 1. The van der Waals surface area contributed by atoms with Gasteiger partial charge in [-0.25, -0.2) is 27.7 Å². The van der Waals surface area contributed by atoms with Crippen LogP contribution in [0.1, 0.15) is 6.92 Å². The summed E-state index contributed by atoms with van der Waals surface area (Å²) in [6.45, 7) is 1.32. The second-order valence-corrected chi connectivity index (χ2v) is 8.27. The van der Waals surface area contributed by atoms with Crippen molar-refractivity contribution in [3.63, 3.8) is 0 Å². The monoisotopic (exact) mass is 375 g/mol. The van der Waals surface area contributed by atoms with E-state index in [2.05, 4.69) is 4.98 Å². The Balaban J connectivity index is 2.68.